The van der Waals surface area contributed by atoms with Crippen molar-refractivity contribution in [2.24, 2.45) is 5.73 Å². The molecule has 0 saturated carbocycles. The van der Waals surface area contributed by atoms with Crippen LogP contribution >= 0.6 is 0 Å². The van der Waals surface area contributed by atoms with Gasteiger partial charge in [0.25, 0.3) is 5.69 Å². The van der Waals surface area contributed by atoms with Gasteiger partial charge in [-0.15, -0.1) is 0 Å². The Morgan fingerprint density at radius 2 is 2.40 bits per heavy atom. The number of pyridine rings is 1. The number of nitrogens with zero attached hydrogens (tertiary/aromatic N) is 2. The van der Waals surface area contributed by atoms with Gasteiger partial charge in [0.1, 0.15) is 5.69 Å². The van der Waals surface area contributed by atoms with E-state index in [9.17, 15) is 14.9 Å². The molecule has 6 heteroatoms. The molecule has 0 aliphatic carbocycles. The molecule has 0 spiro atoms. The summed E-state index contributed by atoms with van der Waals surface area (Å²) in [5, 5.41) is 10.6. The summed E-state index contributed by atoms with van der Waals surface area (Å²) in [5.74, 6) is -0.496. The molecule has 15 heavy (non-hydrogen) atoms. The fourth-order valence-electron chi connectivity index (χ4n) is 0.979. The van der Waals surface area contributed by atoms with Crippen LogP contribution in [0.2, 0.25) is 0 Å². The monoisotopic (exact) mass is 207 g/mol. The van der Waals surface area contributed by atoms with E-state index in [0.29, 0.717) is 0 Å². The van der Waals surface area contributed by atoms with Gasteiger partial charge in [0.2, 0.25) is 5.91 Å². The van der Waals surface area contributed by atoms with Gasteiger partial charge in [-0.2, -0.15) is 0 Å². The molecule has 0 bridgehead atoms. The van der Waals surface area contributed by atoms with Gasteiger partial charge in [-0.25, -0.2) is 4.98 Å². The number of nitro groups is 1. The van der Waals surface area contributed by atoms with E-state index in [1.807, 2.05) is 0 Å². The maximum atomic E-state index is 10.6. The van der Waals surface area contributed by atoms with E-state index in [4.69, 9.17) is 5.73 Å². The quantitative estimate of drug-likeness (QED) is 0.585. The summed E-state index contributed by atoms with van der Waals surface area (Å²) in [6.07, 6.45) is 4.32. The minimum atomic E-state index is -0.531. The minimum absolute atomic E-state index is 0.0354. The predicted molar refractivity (Wildman–Crippen MR) is 53.7 cm³/mol. The second kappa shape index (κ2) is 4.85. The molecular weight excluding hydrogens is 198 g/mol. The highest BCUT2D eigenvalue weighted by Gasteiger charge is 2.10. The number of carbonyl (C=O) groups excluding carboxylic acids is 1. The van der Waals surface area contributed by atoms with Crippen LogP contribution < -0.4 is 5.73 Å². The van der Waals surface area contributed by atoms with E-state index in [0.717, 1.165) is 0 Å². The van der Waals surface area contributed by atoms with E-state index in [2.05, 4.69) is 4.98 Å². The molecule has 78 valence electrons. The highest BCUT2D eigenvalue weighted by atomic mass is 16.6. The Kier molecular flexibility index (Phi) is 3.50. The maximum Gasteiger partial charge on any atom is 0.294 e. The van der Waals surface area contributed by atoms with Crippen LogP contribution in [0.1, 0.15) is 12.1 Å². The molecule has 6 nitrogen and oxygen atoms in total. The molecule has 0 aliphatic heterocycles. The average Bonchev–Trinajstić information content (AvgIpc) is 2.17. The zero-order valence-corrected chi connectivity index (χ0v) is 7.79. The zero-order chi connectivity index (χ0) is 11.3. The van der Waals surface area contributed by atoms with Crippen LogP contribution in [0.5, 0.6) is 0 Å². The van der Waals surface area contributed by atoms with Crippen molar-refractivity contribution >= 4 is 17.7 Å². The Bertz CT molecular complexity index is 415. The lowest BCUT2D eigenvalue weighted by molar-refractivity contribution is -0.385. The first kappa shape index (κ1) is 10.8. The fourth-order valence-corrected chi connectivity index (χ4v) is 0.979. The number of hydrogen-bond donors (Lipinski definition) is 1. The van der Waals surface area contributed by atoms with E-state index >= 15 is 0 Å². The number of aromatic nitrogens is 1. The van der Waals surface area contributed by atoms with Gasteiger partial charge in [-0.3, -0.25) is 14.9 Å². The number of rotatable bonds is 4. The van der Waals surface area contributed by atoms with Gasteiger partial charge in [0.05, 0.1) is 4.92 Å². The van der Waals surface area contributed by atoms with Crippen LogP contribution in [-0.4, -0.2) is 15.8 Å². The van der Waals surface area contributed by atoms with Gasteiger partial charge >= 0.3 is 0 Å². The van der Waals surface area contributed by atoms with Crippen LogP contribution in [0.15, 0.2) is 24.4 Å². The van der Waals surface area contributed by atoms with Crippen LogP contribution in [0.4, 0.5) is 5.69 Å². The molecule has 1 amide bonds. The average molecular weight is 207 g/mol. The standard InChI is InChI=1S/C9H9N3O3/c10-9(13)5-1-3-7-8(12(14)15)4-2-6-11-7/h1-4,6H,5H2,(H2,10,13). The van der Waals surface area contributed by atoms with E-state index in [1.54, 1.807) is 0 Å². The second-order valence-corrected chi connectivity index (χ2v) is 2.74. The predicted octanol–water partition coefficient (Wildman–Crippen LogP) is 0.878. The lowest BCUT2D eigenvalue weighted by Gasteiger charge is -1.94. The summed E-state index contributed by atoms with van der Waals surface area (Å²) in [6, 6.07) is 2.82. The third-order valence-corrected chi connectivity index (χ3v) is 1.61. The van der Waals surface area contributed by atoms with Crippen molar-refractivity contribution in [2.45, 2.75) is 6.42 Å². The summed E-state index contributed by atoms with van der Waals surface area (Å²) in [7, 11) is 0. The summed E-state index contributed by atoms with van der Waals surface area (Å²) in [6.45, 7) is 0. The summed E-state index contributed by atoms with van der Waals surface area (Å²) >= 11 is 0. The molecule has 1 rings (SSSR count). The lowest BCUT2D eigenvalue weighted by Crippen LogP contribution is -2.07. The maximum absolute atomic E-state index is 10.6. The molecule has 0 unspecified atom stereocenters. The molecule has 0 radical (unpaired) electrons. The highest BCUT2D eigenvalue weighted by molar-refractivity contribution is 5.76. The minimum Gasteiger partial charge on any atom is -0.369 e. The molecule has 1 aromatic heterocycles. The van der Waals surface area contributed by atoms with Gasteiger partial charge in [0, 0.05) is 18.7 Å². The highest BCUT2D eigenvalue weighted by Crippen LogP contribution is 2.16. The van der Waals surface area contributed by atoms with Crippen molar-refractivity contribution in [2.75, 3.05) is 0 Å². The number of hydrogen-bond acceptors (Lipinski definition) is 4. The number of amides is 1. The van der Waals surface area contributed by atoms with Gasteiger partial charge < -0.3 is 5.73 Å². The van der Waals surface area contributed by atoms with Crippen molar-refractivity contribution in [3.8, 4) is 0 Å². The molecule has 0 fully saturated rings. The van der Waals surface area contributed by atoms with E-state index < -0.39 is 10.8 Å². The first-order chi connectivity index (χ1) is 7.11. The Labute approximate surface area is 85.6 Å². The summed E-state index contributed by atoms with van der Waals surface area (Å²) in [5.41, 5.74) is 5.02. The largest absolute Gasteiger partial charge is 0.369 e. The first-order valence-corrected chi connectivity index (χ1v) is 4.15. The number of carbonyl (C=O) groups is 1. The molecule has 1 aromatic rings. The number of nitrogens with two attached hydrogens (primary N) is 1. The Hall–Kier alpha value is -2.24. The van der Waals surface area contributed by atoms with E-state index in [1.165, 1.54) is 30.5 Å². The van der Waals surface area contributed by atoms with Crippen molar-refractivity contribution in [1.29, 1.82) is 0 Å². The van der Waals surface area contributed by atoms with Crippen molar-refractivity contribution in [1.82, 2.24) is 4.98 Å². The van der Waals surface area contributed by atoms with Crippen molar-refractivity contribution in [3.05, 3.63) is 40.2 Å². The number of primary amides is 1. The normalized spacial score (nSPS) is 10.4. The SMILES string of the molecule is NC(=O)CC=Cc1ncccc1[N+](=O)[O-]. The molecule has 0 aliphatic rings. The summed E-state index contributed by atoms with van der Waals surface area (Å²) in [4.78, 5) is 24.3. The first-order valence-electron chi connectivity index (χ1n) is 4.15. The van der Waals surface area contributed by atoms with Crippen LogP contribution in [0.25, 0.3) is 6.08 Å². The second-order valence-electron chi connectivity index (χ2n) is 2.74. The smallest absolute Gasteiger partial charge is 0.294 e. The van der Waals surface area contributed by atoms with Crippen molar-refractivity contribution in [3.63, 3.8) is 0 Å². The van der Waals surface area contributed by atoms with Gasteiger partial charge in [-0.05, 0) is 12.1 Å². The molecule has 0 atom stereocenters. The molecule has 1 heterocycles. The van der Waals surface area contributed by atoms with Crippen molar-refractivity contribution < 1.29 is 9.72 Å². The molecule has 2 N–H and O–H groups in total. The topological polar surface area (TPSA) is 99.1 Å². The van der Waals surface area contributed by atoms with Crippen LogP contribution in [0.3, 0.4) is 0 Å². The molecular formula is C9H9N3O3. The lowest BCUT2D eigenvalue weighted by atomic mass is 10.2. The Balaban J connectivity index is 2.89. The van der Waals surface area contributed by atoms with Gasteiger partial charge in [-0.1, -0.05) is 6.08 Å². The summed E-state index contributed by atoms with van der Waals surface area (Å²) < 4.78 is 0. The Morgan fingerprint density at radius 1 is 1.67 bits per heavy atom. The van der Waals surface area contributed by atoms with E-state index in [-0.39, 0.29) is 17.8 Å². The third-order valence-electron chi connectivity index (χ3n) is 1.61. The fraction of sp³-hybridized carbons (Fsp3) is 0.111. The van der Waals surface area contributed by atoms with Crippen LogP contribution in [0, 0.1) is 10.1 Å². The van der Waals surface area contributed by atoms with Crippen LogP contribution in [-0.2, 0) is 4.79 Å². The molecule has 0 saturated heterocycles. The third kappa shape index (κ3) is 3.18. The Morgan fingerprint density at radius 3 is 3.00 bits per heavy atom. The zero-order valence-electron chi connectivity index (χ0n) is 7.79. The van der Waals surface area contributed by atoms with Gasteiger partial charge in [0.15, 0.2) is 0 Å². The molecule has 0 aromatic carbocycles.